The van der Waals surface area contributed by atoms with Crippen LogP contribution in [0.4, 0.5) is 15.9 Å². The first kappa shape index (κ1) is 32.5. The Morgan fingerprint density at radius 3 is 2.62 bits per heavy atom. The molecule has 11 heteroatoms. The number of carbonyl (C=O) groups is 1. The van der Waals surface area contributed by atoms with Crippen molar-refractivity contribution in [2.45, 2.75) is 31.9 Å². The Hall–Kier alpha value is -5.39. The lowest BCUT2D eigenvalue weighted by atomic mass is 10.0. The number of fused-ring (bicyclic) bond motifs is 1. The fourth-order valence-electron chi connectivity index (χ4n) is 5.73. The molecular weight excluding hydrogens is 611 g/mol. The van der Waals surface area contributed by atoms with Gasteiger partial charge in [0.1, 0.15) is 5.82 Å². The van der Waals surface area contributed by atoms with Gasteiger partial charge in [-0.05, 0) is 79.7 Å². The second-order valence-corrected chi connectivity index (χ2v) is 12.3. The molecule has 1 aliphatic rings. The summed E-state index contributed by atoms with van der Waals surface area (Å²) in [6.07, 6.45) is 8.47. The van der Waals surface area contributed by atoms with Crippen LogP contribution in [0.1, 0.15) is 35.4 Å². The number of hydrogen-bond acceptors (Lipinski definition) is 7. The first-order valence-electron chi connectivity index (χ1n) is 15.7. The number of likely N-dealkylation sites (N-methyl/N-ethyl adjacent to an activating group) is 1. The molecule has 246 valence electrons. The van der Waals surface area contributed by atoms with Crippen LogP contribution in [-0.4, -0.2) is 50.7 Å². The molecule has 2 aromatic heterocycles. The highest BCUT2D eigenvalue weighted by Gasteiger charge is 2.25. The summed E-state index contributed by atoms with van der Waals surface area (Å²) in [5.74, 6) is -0.378. The predicted octanol–water partition coefficient (Wildman–Crippen LogP) is 4.74. The van der Waals surface area contributed by atoms with Gasteiger partial charge < -0.3 is 25.2 Å². The summed E-state index contributed by atoms with van der Waals surface area (Å²) in [5, 5.41) is 17.0. The van der Waals surface area contributed by atoms with E-state index < -0.39 is 18.0 Å². The quantitative estimate of drug-likeness (QED) is 0.177. The summed E-state index contributed by atoms with van der Waals surface area (Å²) in [5.41, 5.74) is 3.06. The van der Waals surface area contributed by atoms with E-state index in [2.05, 4.69) is 15.6 Å². The molecule has 10 nitrogen and oxygen atoms in total. The van der Waals surface area contributed by atoms with Crippen LogP contribution in [0.5, 0.6) is 0 Å². The van der Waals surface area contributed by atoms with Gasteiger partial charge in [0, 0.05) is 55.4 Å². The summed E-state index contributed by atoms with van der Waals surface area (Å²) in [4.78, 5) is 45.6. The zero-order valence-electron chi connectivity index (χ0n) is 27.0. The van der Waals surface area contributed by atoms with Crippen molar-refractivity contribution in [3.63, 3.8) is 0 Å². The molecule has 1 saturated carbocycles. The molecule has 1 aliphatic carbocycles. The number of nitrogens with one attached hydrogen (secondary N) is 2. The maximum Gasteiger partial charge on any atom is 0.293 e. The molecule has 6 rings (SSSR count). The van der Waals surface area contributed by atoms with Crippen molar-refractivity contribution in [3.8, 4) is 16.9 Å². The fourth-order valence-corrected chi connectivity index (χ4v) is 5.73. The number of aromatic nitrogens is 3. The highest BCUT2D eigenvalue weighted by Crippen LogP contribution is 2.41. The molecule has 0 unspecified atom stereocenters. The van der Waals surface area contributed by atoms with E-state index in [0.717, 1.165) is 24.0 Å². The fraction of sp³-hybridized carbons (Fsp3) is 0.243. The predicted molar refractivity (Wildman–Crippen MR) is 185 cm³/mol. The van der Waals surface area contributed by atoms with Crippen molar-refractivity contribution in [2.24, 2.45) is 7.05 Å². The number of rotatable bonds is 11. The number of carbonyl (C=O) groups excluding carboxylic acids is 1. The van der Waals surface area contributed by atoms with Gasteiger partial charge in [0.25, 0.3) is 11.1 Å². The van der Waals surface area contributed by atoms with E-state index in [-0.39, 0.29) is 22.7 Å². The Balaban J connectivity index is 1.30. The van der Waals surface area contributed by atoms with Gasteiger partial charge >= 0.3 is 0 Å². The van der Waals surface area contributed by atoms with Crippen molar-refractivity contribution < 1.29 is 14.3 Å². The Morgan fingerprint density at radius 2 is 1.88 bits per heavy atom. The van der Waals surface area contributed by atoms with Crippen molar-refractivity contribution in [1.82, 2.24) is 24.3 Å². The molecule has 2 heterocycles. The standard InChI is InChI=1S/C37H37FN6O4/c1-42(2)15-6-11-33(46)39-20-23-7-4-8-27(17-23)40-35-37(48)43(3)21-31(41-35)28-9-5-10-32(29(28)22-45)44-16-14-25-18-26(24-12-13-24)19-30(38)34(25)36(44)47/h4-11,14,16-19,21,24,45H,12-13,15,20,22H2,1-3H3,(H,39,46)(H,40,41)/b11-6+. The first-order valence-corrected chi connectivity index (χ1v) is 15.7. The number of nitrogens with zero attached hydrogens (tertiary/aromatic N) is 4. The summed E-state index contributed by atoms with van der Waals surface area (Å²) in [6.45, 7) is 0.504. The van der Waals surface area contributed by atoms with Gasteiger partial charge in [0.2, 0.25) is 5.91 Å². The minimum Gasteiger partial charge on any atom is -0.392 e. The molecule has 0 atom stereocenters. The van der Waals surface area contributed by atoms with Crippen molar-refractivity contribution in [3.05, 3.63) is 128 Å². The second kappa shape index (κ2) is 13.8. The Kier molecular flexibility index (Phi) is 9.33. The number of aryl methyl sites for hydroxylation is 1. The van der Waals surface area contributed by atoms with E-state index in [1.807, 2.05) is 43.3 Å². The molecule has 0 spiro atoms. The van der Waals surface area contributed by atoms with E-state index in [4.69, 9.17) is 0 Å². The molecule has 0 saturated heterocycles. The smallest absolute Gasteiger partial charge is 0.293 e. The molecule has 48 heavy (non-hydrogen) atoms. The lowest BCUT2D eigenvalue weighted by Gasteiger charge is -2.17. The van der Waals surface area contributed by atoms with E-state index in [9.17, 15) is 19.5 Å². The van der Waals surface area contributed by atoms with E-state index in [0.29, 0.717) is 52.6 Å². The average Bonchev–Trinajstić information content (AvgIpc) is 3.91. The molecule has 3 aromatic carbocycles. The largest absolute Gasteiger partial charge is 0.392 e. The average molecular weight is 649 g/mol. The summed E-state index contributed by atoms with van der Waals surface area (Å²) in [6, 6.07) is 17.5. The molecular formula is C37H37FN6O4. The van der Waals surface area contributed by atoms with Gasteiger partial charge in [-0.3, -0.25) is 19.0 Å². The number of halogens is 1. The number of amides is 1. The highest BCUT2D eigenvalue weighted by molar-refractivity contribution is 5.87. The third-order valence-electron chi connectivity index (χ3n) is 8.34. The number of aliphatic hydroxyl groups excluding tert-OH is 1. The van der Waals surface area contributed by atoms with Crippen LogP contribution in [0.3, 0.4) is 0 Å². The molecule has 0 radical (unpaired) electrons. The lowest BCUT2D eigenvalue weighted by molar-refractivity contribution is -0.116. The van der Waals surface area contributed by atoms with Crippen molar-refractivity contribution >= 4 is 28.2 Å². The Labute approximate surface area is 276 Å². The number of pyridine rings is 1. The number of hydrogen-bond donors (Lipinski definition) is 3. The zero-order valence-corrected chi connectivity index (χ0v) is 27.0. The number of aliphatic hydroxyl groups is 1. The number of anilines is 2. The van der Waals surface area contributed by atoms with Gasteiger partial charge in [0.05, 0.1) is 23.4 Å². The van der Waals surface area contributed by atoms with Crippen molar-refractivity contribution in [1.29, 1.82) is 0 Å². The third kappa shape index (κ3) is 6.97. The maximum atomic E-state index is 15.3. The van der Waals surface area contributed by atoms with Crippen LogP contribution in [0, 0.1) is 5.82 Å². The van der Waals surface area contributed by atoms with Crippen LogP contribution in [-0.2, 0) is 25.0 Å². The molecule has 0 aliphatic heterocycles. The molecule has 1 fully saturated rings. The van der Waals surface area contributed by atoms with E-state index >= 15 is 4.39 Å². The van der Waals surface area contributed by atoms with E-state index in [1.54, 1.807) is 55.8 Å². The van der Waals surface area contributed by atoms with Crippen LogP contribution in [0.15, 0.2) is 94.8 Å². The summed E-state index contributed by atoms with van der Waals surface area (Å²) in [7, 11) is 5.44. The monoisotopic (exact) mass is 648 g/mol. The number of benzene rings is 3. The topological polar surface area (TPSA) is 121 Å². The Morgan fingerprint density at radius 1 is 1.08 bits per heavy atom. The van der Waals surface area contributed by atoms with Gasteiger partial charge in [-0.2, -0.15) is 0 Å². The SMILES string of the molecule is CN(C)C/C=C/C(=O)NCc1cccc(Nc2nc(-c3cccc(-n4ccc5cc(C6CC6)cc(F)c5c4=O)c3CO)cn(C)c2=O)c1. The summed E-state index contributed by atoms with van der Waals surface area (Å²) >= 11 is 0. The minimum atomic E-state index is -0.561. The molecule has 0 bridgehead atoms. The normalized spacial score (nSPS) is 13.0. The van der Waals surface area contributed by atoms with Gasteiger partial charge in [-0.1, -0.05) is 36.4 Å². The van der Waals surface area contributed by atoms with Gasteiger partial charge in [0.15, 0.2) is 5.82 Å². The van der Waals surface area contributed by atoms with Gasteiger partial charge in [-0.25, -0.2) is 9.37 Å². The third-order valence-corrected chi connectivity index (χ3v) is 8.34. The molecule has 3 N–H and O–H groups in total. The minimum absolute atomic E-state index is 0.00880. The summed E-state index contributed by atoms with van der Waals surface area (Å²) < 4.78 is 18.0. The van der Waals surface area contributed by atoms with Crippen LogP contribution in [0.25, 0.3) is 27.7 Å². The second-order valence-electron chi connectivity index (χ2n) is 12.3. The highest BCUT2D eigenvalue weighted by atomic mass is 19.1. The van der Waals surface area contributed by atoms with Crippen LogP contribution in [0.2, 0.25) is 0 Å². The van der Waals surface area contributed by atoms with Crippen LogP contribution >= 0.6 is 0 Å². The zero-order chi connectivity index (χ0) is 33.9. The Bertz CT molecular complexity index is 2170. The van der Waals surface area contributed by atoms with Crippen molar-refractivity contribution in [2.75, 3.05) is 26.0 Å². The van der Waals surface area contributed by atoms with Gasteiger partial charge in [-0.15, -0.1) is 0 Å². The first-order chi connectivity index (χ1) is 23.1. The lowest BCUT2D eigenvalue weighted by Crippen LogP contribution is -2.22. The maximum absolute atomic E-state index is 15.3. The molecule has 1 amide bonds. The van der Waals surface area contributed by atoms with Crippen LogP contribution < -0.4 is 21.8 Å². The van der Waals surface area contributed by atoms with E-state index in [1.165, 1.54) is 21.3 Å². The molecule has 5 aromatic rings.